The van der Waals surface area contributed by atoms with Crippen molar-refractivity contribution in [1.29, 1.82) is 0 Å². The molecule has 46 heavy (non-hydrogen) atoms. The first-order valence-corrected chi connectivity index (χ1v) is 16.1. The summed E-state index contributed by atoms with van der Waals surface area (Å²) in [4.78, 5) is 13.6. The molecule has 1 unspecified atom stereocenters. The number of carbonyl (C=O) groups is 1. The molecule has 1 saturated heterocycles. The van der Waals surface area contributed by atoms with E-state index in [1.807, 2.05) is 13.8 Å². The van der Waals surface area contributed by atoms with Crippen molar-refractivity contribution in [1.82, 2.24) is 9.62 Å². The first-order valence-electron chi connectivity index (χ1n) is 14.7. The number of aliphatic hydroxyl groups excluding tert-OH is 3. The van der Waals surface area contributed by atoms with Crippen LogP contribution in [-0.4, -0.2) is 78.2 Å². The molecule has 14 heteroatoms. The van der Waals surface area contributed by atoms with Crippen molar-refractivity contribution < 1.29 is 46.4 Å². The summed E-state index contributed by atoms with van der Waals surface area (Å²) in [5.41, 5.74) is 0.293. The van der Waals surface area contributed by atoms with Crippen molar-refractivity contribution in [2.45, 2.75) is 62.4 Å². The Morgan fingerprint density at radius 1 is 0.978 bits per heavy atom. The van der Waals surface area contributed by atoms with Gasteiger partial charge in [0, 0.05) is 24.8 Å². The van der Waals surface area contributed by atoms with Gasteiger partial charge < -0.3 is 20.1 Å². The molecule has 10 nitrogen and oxygen atoms in total. The molecule has 1 fully saturated rings. The van der Waals surface area contributed by atoms with Gasteiger partial charge in [-0.15, -0.1) is 0 Å². The zero-order valence-electron chi connectivity index (χ0n) is 25.3. The Kier molecular flexibility index (Phi) is 11.5. The number of alkyl halides is 3. The number of carbonyl (C=O) groups excluding carboxylic acids is 1. The van der Waals surface area contributed by atoms with Gasteiger partial charge >= 0.3 is 12.3 Å². The fraction of sp³-hybridized carbons (Fsp3) is 0.406. The van der Waals surface area contributed by atoms with E-state index >= 15 is 0 Å². The fourth-order valence-corrected chi connectivity index (χ4v) is 6.76. The predicted octanol–water partition coefficient (Wildman–Crippen LogP) is 3.75. The second-order valence-electron chi connectivity index (χ2n) is 11.6. The summed E-state index contributed by atoms with van der Waals surface area (Å²) in [6.07, 6.45) is -9.57. The zero-order valence-corrected chi connectivity index (χ0v) is 26.2. The third-order valence-corrected chi connectivity index (χ3v) is 9.37. The van der Waals surface area contributed by atoms with E-state index in [1.54, 1.807) is 30.3 Å². The highest BCUT2D eigenvalue weighted by Crippen LogP contribution is 2.33. The van der Waals surface area contributed by atoms with Gasteiger partial charge in [0.2, 0.25) is 10.0 Å². The van der Waals surface area contributed by atoms with Crippen molar-refractivity contribution in [3.8, 4) is 0 Å². The summed E-state index contributed by atoms with van der Waals surface area (Å²) in [5.74, 6) is -0.107. The number of ether oxygens (including phenoxy) is 1. The van der Waals surface area contributed by atoms with Gasteiger partial charge in [0.1, 0.15) is 6.23 Å². The van der Waals surface area contributed by atoms with Crippen LogP contribution in [0.2, 0.25) is 0 Å². The number of hydrogen-bond acceptors (Lipinski definition) is 8. The van der Waals surface area contributed by atoms with Gasteiger partial charge in [0.05, 0.1) is 29.7 Å². The Morgan fingerprint density at radius 2 is 1.65 bits per heavy atom. The number of aliphatic hydroxyl groups is 3. The largest absolute Gasteiger partial charge is 0.440 e. The van der Waals surface area contributed by atoms with Crippen molar-refractivity contribution in [2.75, 3.05) is 24.5 Å². The number of halogens is 3. The van der Waals surface area contributed by atoms with Crippen LogP contribution in [0.1, 0.15) is 30.5 Å². The maximum atomic E-state index is 13.7. The van der Waals surface area contributed by atoms with Crippen molar-refractivity contribution in [3.05, 3.63) is 95.6 Å². The second-order valence-corrected chi connectivity index (χ2v) is 13.5. The maximum Gasteiger partial charge on any atom is 0.416 e. The standard InChI is InChI=1S/C32H38F3N3O7S/c1-21(2)17-37(46(43,44)26-13-11-23(20-39)12-14-26)18-28(40)27(15-22-7-4-3-5-8-22)36-30(41)29-19-38(31(42)45-29)25-10-6-9-24(16-25)32(33,34)35/h3-14,16,21,27-30,36,39-41H,15,17-20H2,1-2H3/t27-,28+,29-,30?/m0/s1. The highest BCUT2D eigenvalue weighted by Gasteiger charge is 2.40. The maximum absolute atomic E-state index is 13.7. The van der Waals surface area contributed by atoms with Gasteiger partial charge in [-0.25, -0.2) is 13.2 Å². The Bertz CT molecular complexity index is 1560. The van der Waals surface area contributed by atoms with Crippen LogP contribution in [0.5, 0.6) is 0 Å². The summed E-state index contributed by atoms with van der Waals surface area (Å²) in [7, 11) is -4.08. The fourth-order valence-electron chi connectivity index (χ4n) is 5.14. The highest BCUT2D eigenvalue weighted by molar-refractivity contribution is 7.89. The van der Waals surface area contributed by atoms with Gasteiger partial charge in [-0.05, 0) is 53.8 Å². The SMILES string of the molecule is CC(C)CN(C[C@@H](O)[C@H](Cc1ccccc1)NC(O)[C@@H]1CN(c2cccc(C(F)(F)F)c2)C(=O)O1)S(=O)(=O)c1ccc(CO)cc1. The lowest BCUT2D eigenvalue weighted by molar-refractivity contribution is -0.137. The minimum atomic E-state index is -4.62. The first-order chi connectivity index (χ1) is 21.7. The number of hydrogen-bond donors (Lipinski definition) is 4. The third kappa shape index (κ3) is 8.84. The van der Waals surface area contributed by atoms with Gasteiger partial charge in [-0.1, -0.05) is 62.4 Å². The Hall–Kier alpha value is -3.53. The summed E-state index contributed by atoms with van der Waals surface area (Å²) < 4.78 is 73.5. The molecule has 3 aromatic rings. The predicted molar refractivity (Wildman–Crippen MR) is 164 cm³/mol. The van der Waals surface area contributed by atoms with Crippen LogP contribution in [0.15, 0.2) is 83.8 Å². The molecule has 250 valence electrons. The summed E-state index contributed by atoms with van der Waals surface area (Å²) in [5, 5.41) is 34.8. The Balaban J connectivity index is 1.55. The van der Waals surface area contributed by atoms with Crippen LogP contribution in [-0.2, 0) is 34.0 Å². The smallest absolute Gasteiger partial charge is 0.416 e. The number of cyclic esters (lactones) is 1. The molecule has 0 spiro atoms. The number of amides is 1. The number of anilines is 1. The van der Waals surface area contributed by atoms with E-state index in [-0.39, 0.29) is 49.2 Å². The first kappa shape index (κ1) is 35.3. The Labute approximate surface area is 266 Å². The molecule has 1 aliphatic rings. The van der Waals surface area contributed by atoms with E-state index < -0.39 is 52.3 Å². The molecular formula is C32H38F3N3O7S. The van der Waals surface area contributed by atoms with E-state index in [4.69, 9.17) is 4.74 Å². The van der Waals surface area contributed by atoms with Crippen molar-refractivity contribution in [2.24, 2.45) is 5.92 Å². The molecule has 3 aromatic carbocycles. The van der Waals surface area contributed by atoms with Crippen LogP contribution < -0.4 is 10.2 Å². The van der Waals surface area contributed by atoms with E-state index in [9.17, 15) is 41.7 Å². The summed E-state index contributed by atoms with van der Waals surface area (Å²) >= 11 is 0. The normalized spacial score (nSPS) is 17.7. The lowest BCUT2D eigenvalue weighted by Crippen LogP contribution is -2.55. The van der Waals surface area contributed by atoms with E-state index in [2.05, 4.69) is 5.32 Å². The summed E-state index contributed by atoms with van der Waals surface area (Å²) in [6.45, 7) is 2.86. The molecule has 1 aliphatic heterocycles. The van der Waals surface area contributed by atoms with Crippen molar-refractivity contribution >= 4 is 21.8 Å². The van der Waals surface area contributed by atoms with Gasteiger partial charge in [-0.3, -0.25) is 10.2 Å². The lowest BCUT2D eigenvalue weighted by Gasteiger charge is -2.32. The van der Waals surface area contributed by atoms with Gasteiger partial charge in [0.25, 0.3) is 0 Å². The van der Waals surface area contributed by atoms with Gasteiger partial charge in [-0.2, -0.15) is 17.5 Å². The van der Waals surface area contributed by atoms with Crippen molar-refractivity contribution in [3.63, 3.8) is 0 Å². The summed E-state index contributed by atoms with van der Waals surface area (Å²) in [6, 6.07) is 18.0. The van der Waals surface area contributed by atoms with Crippen LogP contribution in [0, 0.1) is 5.92 Å². The average Bonchev–Trinajstić information content (AvgIpc) is 3.42. The van der Waals surface area contributed by atoms with E-state index in [0.29, 0.717) is 5.56 Å². The molecular weight excluding hydrogens is 627 g/mol. The van der Waals surface area contributed by atoms with E-state index in [1.165, 1.54) is 30.3 Å². The molecule has 1 amide bonds. The number of sulfonamides is 1. The monoisotopic (exact) mass is 665 g/mol. The number of rotatable bonds is 14. The van der Waals surface area contributed by atoms with Crippen LogP contribution >= 0.6 is 0 Å². The second kappa shape index (κ2) is 14.9. The number of nitrogens with zero attached hydrogens (tertiary/aromatic N) is 2. The molecule has 4 N–H and O–H groups in total. The van der Waals surface area contributed by atoms with Crippen LogP contribution in [0.25, 0.3) is 0 Å². The van der Waals surface area contributed by atoms with Gasteiger partial charge in [0.15, 0.2) is 6.10 Å². The average molecular weight is 666 g/mol. The van der Waals surface area contributed by atoms with Crippen LogP contribution in [0.4, 0.5) is 23.7 Å². The molecule has 0 aliphatic carbocycles. The van der Waals surface area contributed by atoms with E-state index in [0.717, 1.165) is 33.0 Å². The molecule has 0 aromatic heterocycles. The molecule has 0 radical (unpaired) electrons. The minimum Gasteiger partial charge on any atom is -0.440 e. The third-order valence-electron chi connectivity index (χ3n) is 7.52. The number of nitrogens with one attached hydrogen (secondary N) is 1. The molecule has 4 atom stereocenters. The molecule has 4 rings (SSSR count). The topological polar surface area (TPSA) is 140 Å². The minimum absolute atomic E-state index is 0.0160. The molecule has 0 saturated carbocycles. The quantitative estimate of drug-likeness (QED) is 0.191. The highest BCUT2D eigenvalue weighted by atomic mass is 32.2. The van der Waals surface area contributed by atoms with Crippen LogP contribution in [0.3, 0.4) is 0 Å². The number of benzene rings is 3. The lowest BCUT2D eigenvalue weighted by atomic mass is 10.00. The Morgan fingerprint density at radius 3 is 2.26 bits per heavy atom. The zero-order chi connectivity index (χ0) is 33.6. The molecule has 0 bridgehead atoms. The molecule has 1 heterocycles.